The lowest BCUT2D eigenvalue weighted by atomic mass is 10.1. The van der Waals surface area contributed by atoms with E-state index in [1.54, 1.807) is 7.11 Å². The molecule has 1 aliphatic heterocycles. The Kier molecular flexibility index (Phi) is 7.88. The molecule has 0 saturated carbocycles. The standard InChI is InChI=1S/C20H27BrN2O5/c1-5-13(2)19(28-10-6-9-27-4)17(21)18-15-11-16(24)14(20(25)26)12-23(15)8-7-22(18)3/h11-12H,5-10H2,1-4H3,(H,25,26)/b18-17+,19-13?. The van der Waals surface area contributed by atoms with Crippen LogP contribution in [0.5, 0.6) is 0 Å². The minimum atomic E-state index is -1.22. The van der Waals surface area contributed by atoms with Gasteiger partial charge >= 0.3 is 5.97 Å². The summed E-state index contributed by atoms with van der Waals surface area (Å²) in [4.78, 5) is 25.7. The van der Waals surface area contributed by atoms with Gasteiger partial charge in [0.2, 0.25) is 0 Å². The average Bonchev–Trinajstić information content (AvgIpc) is 2.66. The van der Waals surface area contributed by atoms with Crippen molar-refractivity contribution in [3.05, 3.63) is 49.6 Å². The fourth-order valence-electron chi connectivity index (χ4n) is 2.99. The SMILES string of the molecule is CCC(C)=C(OCCCOC)/C(Br)=C1/c2cc(=O)c(C(=O)O)cn2CCN1C. The summed E-state index contributed by atoms with van der Waals surface area (Å²) in [6, 6.07) is 1.39. The van der Waals surface area contributed by atoms with Crippen molar-refractivity contribution in [1.82, 2.24) is 9.47 Å². The van der Waals surface area contributed by atoms with Crippen molar-refractivity contribution >= 4 is 27.6 Å². The van der Waals surface area contributed by atoms with E-state index in [-0.39, 0.29) is 5.56 Å². The number of carboxylic acid groups (broad SMARTS) is 1. The molecule has 8 heteroatoms. The summed E-state index contributed by atoms with van der Waals surface area (Å²) in [7, 11) is 3.60. The molecule has 0 atom stereocenters. The number of hydrogen-bond acceptors (Lipinski definition) is 5. The van der Waals surface area contributed by atoms with E-state index in [0.29, 0.717) is 32.0 Å². The molecule has 0 fully saturated rings. The molecule has 0 saturated heterocycles. The molecule has 2 heterocycles. The normalized spacial score (nSPS) is 16.4. The molecule has 1 aromatic heterocycles. The smallest absolute Gasteiger partial charge is 0.341 e. The molecule has 28 heavy (non-hydrogen) atoms. The fourth-order valence-corrected chi connectivity index (χ4v) is 3.95. The number of ether oxygens (including phenoxy) is 2. The third-order valence-corrected chi connectivity index (χ3v) is 5.46. The van der Waals surface area contributed by atoms with Crippen LogP contribution in [-0.2, 0) is 16.0 Å². The number of aromatic carboxylic acids is 1. The van der Waals surface area contributed by atoms with Crippen molar-refractivity contribution in [3.63, 3.8) is 0 Å². The summed E-state index contributed by atoms with van der Waals surface area (Å²) in [5.41, 5.74) is 1.81. The van der Waals surface area contributed by atoms with Crippen LogP contribution in [0.4, 0.5) is 0 Å². The Bertz CT molecular complexity index is 857. The van der Waals surface area contributed by atoms with Crippen LogP contribution in [0.25, 0.3) is 5.70 Å². The molecule has 2 rings (SSSR count). The number of likely N-dealkylation sites (N-methyl/N-ethyl adjacent to an activating group) is 1. The topological polar surface area (TPSA) is 81.0 Å². The molecule has 1 aliphatic rings. The van der Waals surface area contributed by atoms with Crippen molar-refractivity contribution in [2.45, 2.75) is 33.2 Å². The lowest BCUT2D eigenvalue weighted by molar-refractivity contribution is 0.0694. The number of halogens is 1. The Hall–Kier alpha value is -2.06. The first kappa shape index (κ1) is 22.2. The van der Waals surface area contributed by atoms with Gasteiger partial charge in [-0.1, -0.05) is 6.92 Å². The Morgan fingerprint density at radius 3 is 2.64 bits per heavy atom. The minimum absolute atomic E-state index is 0.222. The number of carboxylic acids is 1. The zero-order chi connectivity index (χ0) is 20.8. The molecule has 0 aromatic carbocycles. The van der Waals surface area contributed by atoms with Crippen LogP contribution in [0.15, 0.2) is 32.9 Å². The molecule has 0 spiro atoms. The van der Waals surface area contributed by atoms with Gasteiger partial charge in [0.05, 0.1) is 22.5 Å². The first-order chi connectivity index (χ1) is 13.3. The highest BCUT2D eigenvalue weighted by molar-refractivity contribution is 9.12. The maximum atomic E-state index is 12.3. The maximum absolute atomic E-state index is 12.3. The highest BCUT2D eigenvalue weighted by Crippen LogP contribution is 2.35. The summed E-state index contributed by atoms with van der Waals surface area (Å²) < 4.78 is 13.7. The van der Waals surface area contributed by atoms with Gasteiger partial charge in [-0.05, 0) is 34.8 Å². The number of allylic oxidation sites excluding steroid dienone is 2. The summed E-state index contributed by atoms with van der Waals surface area (Å²) in [6.07, 6.45) is 3.00. The quantitative estimate of drug-likeness (QED) is 0.479. The highest BCUT2D eigenvalue weighted by atomic mass is 79.9. The van der Waals surface area contributed by atoms with Gasteiger partial charge in [-0.2, -0.15) is 0 Å². The van der Waals surface area contributed by atoms with E-state index < -0.39 is 11.4 Å². The Morgan fingerprint density at radius 2 is 2.04 bits per heavy atom. The molecular weight excluding hydrogens is 428 g/mol. The van der Waals surface area contributed by atoms with Gasteiger partial charge < -0.3 is 24.0 Å². The number of fused-ring (bicyclic) bond motifs is 1. The number of hydrogen-bond donors (Lipinski definition) is 1. The molecule has 0 amide bonds. The molecule has 0 radical (unpaired) electrons. The third-order valence-electron chi connectivity index (χ3n) is 4.72. The lowest BCUT2D eigenvalue weighted by Gasteiger charge is -2.33. The fraction of sp³-hybridized carbons (Fsp3) is 0.500. The van der Waals surface area contributed by atoms with Crippen molar-refractivity contribution in [2.24, 2.45) is 0 Å². The van der Waals surface area contributed by atoms with E-state index in [2.05, 4.69) is 22.9 Å². The first-order valence-corrected chi connectivity index (χ1v) is 10.0. The number of pyridine rings is 1. The Labute approximate surface area is 173 Å². The summed E-state index contributed by atoms with van der Waals surface area (Å²) >= 11 is 3.69. The van der Waals surface area contributed by atoms with Gasteiger partial charge in [-0.25, -0.2) is 4.79 Å². The van der Waals surface area contributed by atoms with Crippen LogP contribution >= 0.6 is 15.9 Å². The van der Waals surface area contributed by atoms with Crippen molar-refractivity contribution in [3.8, 4) is 0 Å². The number of aromatic nitrogens is 1. The van der Waals surface area contributed by atoms with E-state index in [0.717, 1.165) is 34.4 Å². The predicted molar refractivity (Wildman–Crippen MR) is 112 cm³/mol. The first-order valence-electron chi connectivity index (χ1n) is 9.22. The molecule has 0 aliphatic carbocycles. The molecule has 154 valence electrons. The second kappa shape index (κ2) is 9.93. The van der Waals surface area contributed by atoms with Gasteiger partial charge in [0, 0.05) is 52.5 Å². The molecule has 1 aromatic rings. The minimum Gasteiger partial charge on any atom is -0.492 e. The average molecular weight is 455 g/mol. The highest BCUT2D eigenvalue weighted by Gasteiger charge is 2.25. The van der Waals surface area contributed by atoms with Crippen molar-refractivity contribution in [1.29, 1.82) is 0 Å². The van der Waals surface area contributed by atoms with Gasteiger partial charge in [0.25, 0.3) is 0 Å². The Balaban J connectivity index is 2.56. The monoisotopic (exact) mass is 454 g/mol. The summed E-state index contributed by atoms with van der Waals surface area (Å²) in [6.45, 7) is 6.47. The van der Waals surface area contributed by atoms with E-state index in [9.17, 15) is 14.7 Å². The molecule has 1 N–H and O–H groups in total. The molecule has 0 unspecified atom stereocenters. The number of methoxy groups -OCH3 is 1. The zero-order valence-electron chi connectivity index (χ0n) is 16.7. The van der Waals surface area contributed by atoms with E-state index in [1.807, 2.05) is 23.4 Å². The van der Waals surface area contributed by atoms with Gasteiger partial charge in [0.1, 0.15) is 11.3 Å². The van der Waals surface area contributed by atoms with Crippen LogP contribution < -0.4 is 5.43 Å². The number of nitrogens with zero attached hydrogens (tertiary/aromatic N) is 2. The maximum Gasteiger partial charge on any atom is 0.341 e. The van der Waals surface area contributed by atoms with Gasteiger partial charge in [-0.3, -0.25) is 4.79 Å². The van der Waals surface area contributed by atoms with Crippen LogP contribution in [0.3, 0.4) is 0 Å². The Morgan fingerprint density at radius 1 is 1.32 bits per heavy atom. The molecule has 7 nitrogen and oxygen atoms in total. The third kappa shape index (κ3) is 4.86. The lowest BCUT2D eigenvalue weighted by Crippen LogP contribution is -2.33. The van der Waals surface area contributed by atoms with Crippen molar-refractivity contribution in [2.75, 3.05) is 33.9 Å². The second-order valence-electron chi connectivity index (χ2n) is 6.68. The van der Waals surface area contributed by atoms with Crippen LogP contribution in [-0.4, -0.2) is 54.5 Å². The van der Waals surface area contributed by atoms with Crippen molar-refractivity contribution < 1.29 is 19.4 Å². The second-order valence-corrected chi connectivity index (χ2v) is 7.47. The van der Waals surface area contributed by atoms with Crippen LogP contribution in [0, 0.1) is 0 Å². The zero-order valence-corrected chi connectivity index (χ0v) is 18.3. The van der Waals surface area contributed by atoms with E-state index in [4.69, 9.17) is 9.47 Å². The van der Waals surface area contributed by atoms with Gasteiger partial charge in [0.15, 0.2) is 5.43 Å². The number of rotatable bonds is 8. The van der Waals surface area contributed by atoms with Gasteiger partial charge in [-0.15, -0.1) is 0 Å². The van der Waals surface area contributed by atoms with E-state index in [1.165, 1.54) is 12.3 Å². The largest absolute Gasteiger partial charge is 0.492 e. The predicted octanol–water partition coefficient (Wildman–Crippen LogP) is 3.29. The van der Waals surface area contributed by atoms with Crippen LogP contribution in [0.1, 0.15) is 42.7 Å². The van der Waals surface area contributed by atoms with Crippen LogP contribution in [0.2, 0.25) is 0 Å². The molecular formula is C20H27BrN2O5. The summed E-state index contributed by atoms with van der Waals surface area (Å²) in [5.74, 6) is -0.476. The molecule has 0 bridgehead atoms. The van der Waals surface area contributed by atoms with E-state index >= 15 is 0 Å². The summed E-state index contributed by atoms with van der Waals surface area (Å²) in [5, 5.41) is 9.25. The number of carbonyl (C=O) groups is 1.